The van der Waals surface area contributed by atoms with Gasteiger partial charge in [0, 0.05) is 0 Å². The van der Waals surface area contributed by atoms with Crippen LogP contribution in [0.15, 0.2) is 0 Å². The molecule has 0 amide bonds. The van der Waals surface area contributed by atoms with E-state index in [1.54, 1.807) is 0 Å². The average molecular weight is 210 g/mol. The quantitative estimate of drug-likeness (QED) is 0.516. The zero-order valence-electron chi connectivity index (χ0n) is 2.23. The molecule has 0 saturated heterocycles. The molecule has 0 fully saturated rings. The van der Waals surface area contributed by atoms with E-state index in [4.69, 9.17) is 6.26 Å². The van der Waals surface area contributed by atoms with E-state index in [0.29, 0.717) is 0 Å². The van der Waals surface area contributed by atoms with Gasteiger partial charge in [0.25, 0.3) is 0 Å². The summed E-state index contributed by atoms with van der Waals surface area (Å²) in [6.07, 6.45) is 0. The average Bonchev–Trinajstić information content (AvgIpc) is 1.50. The minimum atomic E-state index is -0.1000. The van der Waals surface area contributed by atoms with Gasteiger partial charge in [-0.1, -0.05) is 0 Å². The fourth-order valence-electron chi connectivity index (χ4n) is 0. The molecule has 0 unspecified atom stereocenters. The maximum absolute atomic E-state index is 8.42. The fraction of sp³-hybridized carbons (Fsp3) is 0. The van der Waals surface area contributed by atoms with Crippen LogP contribution in [0.3, 0.4) is 0 Å². The predicted molar refractivity (Wildman–Crippen MR) is 1.37 cm³/mol. The minimum absolute atomic E-state index is 0.1000. The van der Waals surface area contributed by atoms with Crippen molar-refractivity contribution in [2.24, 2.45) is 0 Å². The van der Waals surface area contributed by atoms with Crippen molar-refractivity contribution in [2.45, 2.75) is 0 Å². The summed E-state index contributed by atoms with van der Waals surface area (Å²) in [5, 5.41) is 0. The van der Waals surface area contributed by atoms with Crippen LogP contribution in [0.4, 0.5) is 0 Å². The summed E-state index contributed by atoms with van der Waals surface area (Å²) < 4.78 is 16.8. The van der Waals surface area contributed by atoms with Crippen molar-refractivity contribution in [3.63, 3.8) is 0 Å². The van der Waals surface area contributed by atoms with Gasteiger partial charge in [0.05, 0.1) is 0 Å². The molecule has 0 rings (SSSR count). The molecule has 0 heterocycles. The van der Waals surface area contributed by atoms with Gasteiger partial charge in [0.2, 0.25) is 0 Å². The van der Waals surface area contributed by atoms with E-state index in [9.17, 15) is 0 Å². The van der Waals surface area contributed by atoms with Gasteiger partial charge in [-0.2, -0.15) is 0 Å². The molecule has 0 aliphatic rings. The number of hydrogen-bond donors (Lipinski definition) is 0. The summed E-state index contributed by atoms with van der Waals surface area (Å²) in [4.78, 5) is 0. The van der Waals surface area contributed by atoms with E-state index in [2.05, 4.69) is 0 Å². The first-order valence-corrected chi connectivity index (χ1v) is 3.44. The van der Waals surface area contributed by atoms with Crippen LogP contribution in [0.5, 0.6) is 0 Å². The van der Waals surface area contributed by atoms with Crippen molar-refractivity contribution in [3.8, 4) is 0 Å². The Labute approximate surface area is 50.1 Å². The molecule has 0 aromatic rings. The van der Waals surface area contributed by atoms with Gasteiger partial charge in [-0.3, -0.25) is 0 Å². The first-order valence-electron chi connectivity index (χ1n) is 0.577. The van der Waals surface area contributed by atoms with E-state index >= 15 is 0 Å². The second-order valence-electron chi connectivity index (χ2n) is 0. The van der Waals surface area contributed by atoms with E-state index in [1.807, 2.05) is 0 Å². The van der Waals surface area contributed by atoms with Gasteiger partial charge >= 0.3 is 50.3 Å². The Kier molecular flexibility index (Phi) is 69.8. The summed E-state index contributed by atoms with van der Waals surface area (Å²) in [5.74, 6) is 0. The van der Waals surface area contributed by atoms with Crippen LogP contribution in [0.2, 0.25) is 0 Å². The van der Waals surface area contributed by atoms with Gasteiger partial charge in [-0.25, -0.2) is 0 Å². The first-order chi connectivity index (χ1) is 2.00. The van der Waals surface area contributed by atoms with E-state index < -0.39 is 0 Å². The molecule has 0 bridgehead atoms. The zero-order chi connectivity index (χ0) is 4.00. The molecule has 0 aromatic heterocycles. The Bertz CT molecular complexity index is 8.00. The summed E-state index contributed by atoms with van der Waals surface area (Å²) >= 11 is 0.0250. The van der Waals surface area contributed by atoms with Crippen LogP contribution in [-0.4, -0.2) is 0 Å². The molecular weight excluding hydrogens is 210 g/mol. The first kappa shape index (κ1) is 8.94. The van der Waals surface area contributed by atoms with E-state index in [0.717, 1.165) is 0 Å². The van der Waals surface area contributed by atoms with Crippen molar-refractivity contribution in [2.75, 3.05) is 0 Å². The van der Waals surface area contributed by atoms with E-state index in [-0.39, 0.29) is 44.0 Å². The molecular formula is CdO2Zn. The SMILES string of the molecule is [O]=[Cd].[O]=[Zn]. The molecule has 16 valence electrons. The summed E-state index contributed by atoms with van der Waals surface area (Å²) in [6, 6.07) is 0. The third-order valence-electron chi connectivity index (χ3n) is 0. The Morgan fingerprint density at radius 3 is 1.25 bits per heavy atom. The Balaban J connectivity index is 0. The van der Waals surface area contributed by atoms with Crippen molar-refractivity contribution >= 4 is 0 Å². The van der Waals surface area contributed by atoms with Crippen LogP contribution in [-0.2, 0) is 50.3 Å². The fourth-order valence-corrected chi connectivity index (χ4v) is 0. The number of hydrogen-bond acceptors (Lipinski definition) is 2. The molecule has 0 spiro atoms. The molecule has 0 N–H and O–H groups in total. The standard InChI is InChI=1S/Cd.2O.Zn. The van der Waals surface area contributed by atoms with Gasteiger partial charge in [-0.05, 0) is 0 Å². The summed E-state index contributed by atoms with van der Waals surface area (Å²) in [6.45, 7) is 0. The van der Waals surface area contributed by atoms with Crippen molar-refractivity contribution in [1.29, 1.82) is 0 Å². The van der Waals surface area contributed by atoms with Gasteiger partial charge in [-0.15, -0.1) is 0 Å². The third-order valence-corrected chi connectivity index (χ3v) is 0. The molecule has 4 heavy (non-hydrogen) atoms. The molecule has 4 heteroatoms. The molecule has 0 aliphatic heterocycles. The number of rotatable bonds is 0. The second kappa shape index (κ2) is 31.3. The molecule has 0 saturated carbocycles. The van der Waals surface area contributed by atoms with Crippen LogP contribution in [0, 0.1) is 0 Å². The van der Waals surface area contributed by atoms with Crippen LogP contribution >= 0.6 is 0 Å². The Hall–Kier alpha value is 1.15. The normalized spacial score (nSPS) is 3.00. The van der Waals surface area contributed by atoms with Crippen molar-refractivity contribution in [3.05, 3.63) is 0 Å². The molecule has 0 atom stereocenters. The summed E-state index contributed by atoms with van der Waals surface area (Å²) in [5.41, 5.74) is 0. The predicted octanol–water partition coefficient (Wildman–Crippen LogP) is -0.243. The van der Waals surface area contributed by atoms with Gasteiger partial charge < -0.3 is 0 Å². The van der Waals surface area contributed by atoms with Gasteiger partial charge in [0.15, 0.2) is 0 Å². The van der Waals surface area contributed by atoms with Crippen LogP contribution in [0.25, 0.3) is 0 Å². The zero-order valence-corrected chi connectivity index (χ0v) is 9.23. The third kappa shape index (κ3) is 11.0. The van der Waals surface area contributed by atoms with Crippen LogP contribution < -0.4 is 0 Å². The molecule has 2 nitrogen and oxygen atoms in total. The topological polar surface area (TPSA) is 34.1 Å². The van der Waals surface area contributed by atoms with Crippen molar-refractivity contribution < 1.29 is 50.3 Å². The molecule has 0 aliphatic carbocycles. The summed E-state index contributed by atoms with van der Waals surface area (Å²) in [7, 11) is 0. The van der Waals surface area contributed by atoms with Gasteiger partial charge in [0.1, 0.15) is 0 Å². The Morgan fingerprint density at radius 2 is 1.25 bits per heavy atom. The monoisotopic (exact) mass is 210 g/mol. The van der Waals surface area contributed by atoms with Crippen molar-refractivity contribution in [1.82, 2.24) is 0 Å². The Morgan fingerprint density at radius 1 is 1.25 bits per heavy atom. The maximum atomic E-state index is 8.42. The van der Waals surface area contributed by atoms with Crippen LogP contribution in [0.1, 0.15) is 0 Å². The molecule has 0 aromatic carbocycles. The molecule has 0 radical (unpaired) electrons. The van der Waals surface area contributed by atoms with E-state index in [1.165, 1.54) is 0 Å². The second-order valence-corrected chi connectivity index (χ2v) is 0.